The van der Waals surface area contributed by atoms with Gasteiger partial charge in [-0.1, -0.05) is 36.4 Å². The minimum Gasteiger partial charge on any atom is -0.481 e. The Kier molecular flexibility index (Phi) is 6.66. The van der Waals surface area contributed by atoms with E-state index in [0.717, 1.165) is 5.56 Å². The highest BCUT2D eigenvalue weighted by molar-refractivity contribution is 7.53. The van der Waals surface area contributed by atoms with Gasteiger partial charge in [0.15, 0.2) is 0 Å². The van der Waals surface area contributed by atoms with Crippen molar-refractivity contribution in [3.63, 3.8) is 0 Å². The largest absolute Gasteiger partial charge is 0.481 e. The molecule has 0 spiro atoms. The number of hydrogen-bond donors (Lipinski definition) is 3. The first-order valence-corrected chi connectivity index (χ1v) is 9.18. The van der Waals surface area contributed by atoms with Gasteiger partial charge in [-0.05, 0) is 23.6 Å². The van der Waals surface area contributed by atoms with Crippen LogP contribution in [0.3, 0.4) is 0 Å². The second-order valence-corrected chi connectivity index (χ2v) is 7.47. The molecule has 25 heavy (non-hydrogen) atoms. The number of carbonyl (C=O) groups is 1. The number of rotatable bonds is 9. The lowest BCUT2D eigenvalue weighted by atomic mass is 10.0. The molecule has 0 amide bonds. The van der Waals surface area contributed by atoms with Gasteiger partial charge in [0, 0.05) is 6.20 Å². The summed E-state index contributed by atoms with van der Waals surface area (Å²) in [6, 6.07) is 12.0. The average molecular weight is 366 g/mol. The Morgan fingerprint density at radius 1 is 1.20 bits per heavy atom. The zero-order valence-electron chi connectivity index (χ0n) is 13.3. The first kappa shape index (κ1) is 19.1. The third kappa shape index (κ3) is 5.95. The van der Waals surface area contributed by atoms with Crippen molar-refractivity contribution in [3.8, 4) is 0 Å². The minimum absolute atomic E-state index is 0.0463. The third-order valence-electron chi connectivity index (χ3n) is 3.52. The summed E-state index contributed by atoms with van der Waals surface area (Å²) in [6.07, 6.45) is 1.02. The van der Waals surface area contributed by atoms with E-state index in [2.05, 4.69) is 9.66 Å². The van der Waals surface area contributed by atoms with Crippen LogP contribution >= 0.6 is 7.60 Å². The highest BCUT2D eigenvalue weighted by Gasteiger charge is 2.33. The van der Waals surface area contributed by atoms with Gasteiger partial charge >= 0.3 is 13.6 Å². The van der Waals surface area contributed by atoms with Gasteiger partial charge in [-0.3, -0.25) is 9.36 Å². The Balaban J connectivity index is 2.05. The minimum atomic E-state index is -3.99. The van der Waals surface area contributed by atoms with Gasteiger partial charge in [0.2, 0.25) is 0 Å². The number of nitrogens with two attached hydrogens (primary N) is 1. The molecule has 2 unspecified atom stereocenters. The van der Waals surface area contributed by atoms with Crippen molar-refractivity contribution >= 4 is 19.4 Å². The molecule has 8 nitrogen and oxygen atoms in total. The first-order valence-electron chi connectivity index (χ1n) is 7.46. The van der Waals surface area contributed by atoms with Crippen molar-refractivity contribution in [3.05, 3.63) is 59.8 Å². The number of nitrogen functional groups attached to an aromatic ring is 1. The van der Waals surface area contributed by atoms with Gasteiger partial charge in [-0.15, -0.1) is 0 Å². The standard InChI is InChI=1S/C16H19N2O6P/c17-15-7-6-13(9-18-15)8-14(16(19)20)11-25(22,24-21)23-10-12-4-2-1-3-5-12/h1-7,9,14,21H,8,10-11H2,(H2,17,18)(H,19,20). The number of pyridine rings is 1. The van der Waals surface area contributed by atoms with Gasteiger partial charge in [-0.2, -0.15) is 4.67 Å². The van der Waals surface area contributed by atoms with Crippen LogP contribution < -0.4 is 5.73 Å². The molecule has 1 heterocycles. The van der Waals surface area contributed by atoms with E-state index >= 15 is 0 Å². The molecule has 4 N–H and O–H groups in total. The van der Waals surface area contributed by atoms with Gasteiger partial charge in [-0.25, -0.2) is 10.2 Å². The Morgan fingerprint density at radius 2 is 1.92 bits per heavy atom. The molecule has 0 aliphatic heterocycles. The van der Waals surface area contributed by atoms with Crippen LogP contribution in [0.4, 0.5) is 5.82 Å². The average Bonchev–Trinajstić information content (AvgIpc) is 2.62. The summed E-state index contributed by atoms with van der Waals surface area (Å²) in [5.74, 6) is -1.96. The third-order valence-corrected chi connectivity index (χ3v) is 5.18. The summed E-state index contributed by atoms with van der Waals surface area (Å²) in [7, 11) is -3.99. The molecule has 0 radical (unpaired) electrons. The second kappa shape index (κ2) is 8.73. The van der Waals surface area contributed by atoms with Crippen LogP contribution in [0.5, 0.6) is 0 Å². The molecule has 2 aromatic rings. The number of nitrogens with zero attached hydrogens (tertiary/aromatic N) is 1. The number of aromatic nitrogens is 1. The summed E-state index contributed by atoms with van der Waals surface area (Å²) < 4.78 is 21.7. The molecule has 2 atom stereocenters. The maximum atomic E-state index is 12.5. The zero-order valence-corrected chi connectivity index (χ0v) is 14.2. The zero-order chi connectivity index (χ0) is 18.3. The lowest BCUT2D eigenvalue weighted by Crippen LogP contribution is -2.22. The van der Waals surface area contributed by atoms with Gasteiger partial charge in [0.1, 0.15) is 5.82 Å². The Bertz CT molecular complexity index is 738. The molecular weight excluding hydrogens is 347 g/mol. The topological polar surface area (TPSA) is 132 Å². The normalized spacial score (nSPS) is 14.6. The molecule has 1 aromatic carbocycles. The van der Waals surface area contributed by atoms with Crippen LogP contribution in [-0.4, -0.2) is 27.5 Å². The van der Waals surface area contributed by atoms with Crippen LogP contribution in [0.1, 0.15) is 11.1 Å². The van der Waals surface area contributed by atoms with Crippen molar-refractivity contribution in [2.75, 3.05) is 11.9 Å². The smallest absolute Gasteiger partial charge is 0.358 e. The molecule has 2 rings (SSSR count). The number of hydrogen-bond acceptors (Lipinski definition) is 7. The molecule has 9 heteroatoms. The second-order valence-electron chi connectivity index (χ2n) is 5.46. The number of carboxylic acid groups (broad SMARTS) is 1. The number of benzene rings is 1. The van der Waals surface area contributed by atoms with E-state index in [-0.39, 0.29) is 13.0 Å². The molecule has 0 aliphatic carbocycles. The van der Waals surface area contributed by atoms with E-state index in [1.807, 2.05) is 6.07 Å². The number of carboxylic acids is 1. The maximum Gasteiger partial charge on any atom is 0.358 e. The summed E-state index contributed by atoms with van der Waals surface area (Å²) in [4.78, 5) is 15.4. The monoisotopic (exact) mass is 366 g/mol. The number of anilines is 1. The van der Waals surface area contributed by atoms with Crippen molar-refractivity contribution in [1.29, 1.82) is 0 Å². The van der Waals surface area contributed by atoms with E-state index in [1.165, 1.54) is 6.20 Å². The van der Waals surface area contributed by atoms with Crippen LogP contribution in [-0.2, 0) is 31.6 Å². The van der Waals surface area contributed by atoms with Crippen LogP contribution in [0.25, 0.3) is 0 Å². The molecule has 0 saturated carbocycles. The summed E-state index contributed by atoms with van der Waals surface area (Å²) in [5, 5.41) is 18.4. The van der Waals surface area contributed by atoms with Crippen molar-refractivity contribution in [1.82, 2.24) is 4.98 Å². The first-order chi connectivity index (χ1) is 11.9. The molecule has 0 saturated heterocycles. The Hall–Kier alpha value is -2.25. The van der Waals surface area contributed by atoms with Crippen LogP contribution in [0, 0.1) is 5.92 Å². The highest BCUT2D eigenvalue weighted by atomic mass is 31.2. The van der Waals surface area contributed by atoms with Crippen molar-refractivity contribution < 1.29 is 28.9 Å². The Labute approximate surface area is 144 Å². The van der Waals surface area contributed by atoms with E-state index in [4.69, 9.17) is 15.5 Å². The fraction of sp³-hybridized carbons (Fsp3) is 0.250. The predicted molar refractivity (Wildman–Crippen MR) is 90.9 cm³/mol. The molecule has 0 bridgehead atoms. The quantitative estimate of drug-likeness (QED) is 0.351. The van der Waals surface area contributed by atoms with E-state index < -0.39 is 25.6 Å². The Morgan fingerprint density at radius 3 is 2.48 bits per heavy atom. The maximum absolute atomic E-state index is 12.5. The fourth-order valence-corrected chi connectivity index (χ4v) is 3.59. The van der Waals surface area contributed by atoms with Gasteiger partial charge in [0.25, 0.3) is 0 Å². The van der Waals surface area contributed by atoms with Crippen molar-refractivity contribution in [2.24, 2.45) is 5.92 Å². The lowest BCUT2D eigenvalue weighted by Gasteiger charge is -2.19. The van der Waals surface area contributed by atoms with E-state index in [0.29, 0.717) is 11.4 Å². The van der Waals surface area contributed by atoms with Crippen LogP contribution in [0.2, 0.25) is 0 Å². The van der Waals surface area contributed by atoms with E-state index in [1.54, 1.807) is 36.4 Å². The lowest BCUT2D eigenvalue weighted by molar-refractivity contribution is -0.152. The molecule has 0 fully saturated rings. The van der Waals surface area contributed by atoms with Gasteiger partial charge < -0.3 is 15.4 Å². The summed E-state index contributed by atoms with van der Waals surface area (Å²) in [6.45, 7) is -0.0750. The molecule has 134 valence electrons. The summed E-state index contributed by atoms with van der Waals surface area (Å²) in [5.41, 5.74) is 6.81. The predicted octanol–water partition coefficient (Wildman–Crippen LogP) is 2.81. The molecular formula is C16H19N2O6P. The number of aliphatic carboxylic acids is 1. The SMILES string of the molecule is Nc1ccc(CC(CP(=O)(OO)OCc2ccccc2)C(=O)O)cn1. The van der Waals surface area contributed by atoms with Gasteiger partial charge in [0.05, 0.1) is 18.7 Å². The fourth-order valence-electron chi connectivity index (χ4n) is 2.20. The summed E-state index contributed by atoms with van der Waals surface area (Å²) >= 11 is 0. The highest BCUT2D eigenvalue weighted by Crippen LogP contribution is 2.50. The van der Waals surface area contributed by atoms with Crippen LogP contribution in [0.15, 0.2) is 48.7 Å². The molecule has 0 aliphatic rings. The molecule has 1 aromatic heterocycles. The van der Waals surface area contributed by atoms with Crippen molar-refractivity contribution in [2.45, 2.75) is 13.0 Å². The van der Waals surface area contributed by atoms with E-state index in [9.17, 15) is 14.5 Å².